The van der Waals surface area contributed by atoms with Gasteiger partial charge in [0, 0.05) is 24.2 Å². The highest BCUT2D eigenvalue weighted by Gasteiger charge is 2.32. The smallest absolute Gasteiger partial charge is 0.394 e. The zero-order chi connectivity index (χ0) is 21.5. The molecule has 4 rings (SSSR count). The number of nitrogens with zero attached hydrogens (tertiary/aromatic N) is 6. The van der Waals surface area contributed by atoms with E-state index in [0.717, 1.165) is 12.3 Å². The van der Waals surface area contributed by atoms with Gasteiger partial charge in [0.2, 0.25) is 0 Å². The van der Waals surface area contributed by atoms with Gasteiger partial charge in [0.1, 0.15) is 11.2 Å². The molecule has 1 N–H and O–H groups in total. The topological polar surface area (TPSA) is 98.7 Å². The Morgan fingerprint density at radius 2 is 2.03 bits per heavy atom. The van der Waals surface area contributed by atoms with Gasteiger partial charge in [-0.25, -0.2) is 14.6 Å². The van der Waals surface area contributed by atoms with Gasteiger partial charge in [-0.05, 0) is 31.2 Å². The number of fused-ring (bicyclic) bond motifs is 1. The summed E-state index contributed by atoms with van der Waals surface area (Å²) in [6.45, 7) is 1.39. The monoisotopic (exact) mass is 416 g/mol. The van der Waals surface area contributed by atoms with Crippen molar-refractivity contribution in [1.82, 2.24) is 29.3 Å². The van der Waals surface area contributed by atoms with Gasteiger partial charge in [0.05, 0.1) is 30.1 Å². The molecule has 0 saturated heterocycles. The summed E-state index contributed by atoms with van der Waals surface area (Å²) >= 11 is 0. The van der Waals surface area contributed by atoms with Crippen molar-refractivity contribution in [3.05, 3.63) is 65.2 Å². The van der Waals surface area contributed by atoms with E-state index in [-0.39, 0.29) is 29.0 Å². The van der Waals surface area contributed by atoms with Gasteiger partial charge in [-0.15, -0.1) is 0 Å². The molecule has 30 heavy (non-hydrogen) atoms. The quantitative estimate of drug-likeness (QED) is 0.549. The molecular formula is C19H15F3N6O2. The molecule has 8 nitrogen and oxygen atoms in total. The molecule has 4 aromatic heterocycles. The van der Waals surface area contributed by atoms with Crippen LogP contribution >= 0.6 is 0 Å². The van der Waals surface area contributed by atoms with Crippen molar-refractivity contribution in [3.63, 3.8) is 0 Å². The van der Waals surface area contributed by atoms with Crippen LogP contribution in [0.25, 0.3) is 28.0 Å². The number of halogens is 3. The van der Waals surface area contributed by atoms with E-state index in [9.17, 15) is 23.1 Å². The van der Waals surface area contributed by atoms with Crippen molar-refractivity contribution in [2.75, 3.05) is 6.61 Å². The van der Waals surface area contributed by atoms with Crippen molar-refractivity contribution >= 4 is 10.9 Å². The van der Waals surface area contributed by atoms with Crippen LogP contribution in [0.4, 0.5) is 13.2 Å². The predicted molar refractivity (Wildman–Crippen MR) is 101 cm³/mol. The molecule has 1 unspecified atom stereocenters. The third-order valence-electron chi connectivity index (χ3n) is 4.56. The van der Waals surface area contributed by atoms with Crippen LogP contribution in [0, 0.1) is 0 Å². The fourth-order valence-electron chi connectivity index (χ4n) is 2.94. The number of pyridine rings is 2. The Morgan fingerprint density at radius 3 is 2.63 bits per heavy atom. The molecule has 0 radical (unpaired) electrons. The predicted octanol–water partition coefficient (Wildman–Crippen LogP) is 2.61. The van der Waals surface area contributed by atoms with Gasteiger partial charge in [-0.3, -0.25) is 14.3 Å². The summed E-state index contributed by atoms with van der Waals surface area (Å²) in [5, 5.41) is 13.7. The summed E-state index contributed by atoms with van der Waals surface area (Å²) in [5.41, 5.74) is -0.641. The summed E-state index contributed by atoms with van der Waals surface area (Å²) in [6.07, 6.45) is 0.942. The van der Waals surface area contributed by atoms with Crippen LogP contribution in [0.3, 0.4) is 0 Å². The van der Waals surface area contributed by atoms with Crippen LogP contribution in [-0.2, 0) is 6.18 Å². The summed E-state index contributed by atoms with van der Waals surface area (Å²) in [5.74, 6) is 0.244. The molecular weight excluding hydrogens is 401 g/mol. The Morgan fingerprint density at radius 1 is 1.23 bits per heavy atom. The summed E-state index contributed by atoms with van der Waals surface area (Å²) < 4.78 is 41.2. The van der Waals surface area contributed by atoms with Gasteiger partial charge in [0.25, 0.3) is 5.56 Å². The fourth-order valence-corrected chi connectivity index (χ4v) is 2.94. The molecule has 0 fully saturated rings. The van der Waals surface area contributed by atoms with E-state index in [4.69, 9.17) is 0 Å². The second-order valence-corrected chi connectivity index (χ2v) is 6.60. The number of hydrogen-bond donors (Lipinski definition) is 1. The minimum Gasteiger partial charge on any atom is -0.394 e. The van der Waals surface area contributed by atoms with Gasteiger partial charge < -0.3 is 5.11 Å². The third kappa shape index (κ3) is 3.43. The van der Waals surface area contributed by atoms with Crippen molar-refractivity contribution < 1.29 is 18.3 Å². The zero-order valence-corrected chi connectivity index (χ0v) is 15.6. The number of aliphatic hydroxyl groups is 1. The first kappa shape index (κ1) is 19.7. The van der Waals surface area contributed by atoms with Crippen molar-refractivity contribution in [1.29, 1.82) is 0 Å². The molecule has 0 spiro atoms. The second kappa shape index (κ2) is 7.34. The van der Waals surface area contributed by atoms with E-state index in [1.54, 1.807) is 19.2 Å². The van der Waals surface area contributed by atoms with Gasteiger partial charge >= 0.3 is 6.18 Å². The average Bonchev–Trinajstić information content (AvgIpc) is 3.27. The maximum absolute atomic E-state index is 13.0. The lowest BCUT2D eigenvalue weighted by Crippen LogP contribution is -2.26. The van der Waals surface area contributed by atoms with Crippen molar-refractivity contribution in [2.24, 2.45) is 0 Å². The molecule has 4 aromatic rings. The van der Waals surface area contributed by atoms with Crippen molar-refractivity contribution in [2.45, 2.75) is 19.1 Å². The summed E-state index contributed by atoms with van der Waals surface area (Å²) in [6, 6.07) is 4.69. The van der Waals surface area contributed by atoms with Crippen molar-refractivity contribution in [3.8, 4) is 17.1 Å². The fraction of sp³-hybridized carbons (Fsp3) is 0.211. The Labute approximate surface area is 167 Å². The molecule has 0 bridgehead atoms. The number of alkyl halides is 3. The Bertz CT molecular complexity index is 1250. The van der Waals surface area contributed by atoms with Gasteiger partial charge in [-0.1, -0.05) is 0 Å². The lowest BCUT2D eigenvalue weighted by molar-refractivity contribution is -0.141. The molecule has 0 aliphatic carbocycles. The minimum atomic E-state index is -4.56. The van der Waals surface area contributed by atoms with E-state index in [1.807, 2.05) is 0 Å². The zero-order valence-electron chi connectivity index (χ0n) is 15.6. The molecule has 11 heteroatoms. The molecule has 4 heterocycles. The summed E-state index contributed by atoms with van der Waals surface area (Å²) in [4.78, 5) is 25.2. The highest BCUT2D eigenvalue weighted by atomic mass is 19.4. The van der Waals surface area contributed by atoms with E-state index >= 15 is 0 Å². The molecule has 1 atom stereocenters. The third-order valence-corrected chi connectivity index (χ3v) is 4.56. The van der Waals surface area contributed by atoms with Gasteiger partial charge in [-0.2, -0.15) is 18.3 Å². The molecule has 0 saturated carbocycles. The Hall–Kier alpha value is -3.60. The summed E-state index contributed by atoms with van der Waals surface area (Å²) in [7, 11) is 0. The Kier molecular flexibility index (Phi) is 4.82. The molecule has 154 valence electrons. The maximum atomic E-state index is 13.0. The second-order valence-electron chi connectivity index (χ2n) is 6.60. The first-order valence-electron chi connectivity index (χ1n) is 8.86. The highest BCUT2D eigenvalue weighted by Crippen LogP contribution is 2.29. The number of rotatable bonds is 4. The average molecular weight is 416 g/mol. The highest BCUT2D eigenvalue weighted by molar-refractivity contribution is 5.87. The van der Waals surface area contributed by atoms with E-state index in [0.29, 0.717) is 5.56 Å². The number of aromatic nitrogens is 6. The van der Waals surface area contributed by atoms with E-state index in [1.165, 1.54) is 33.9 Å². The van der Waals surface area contributed by atoms with Crippen LogP contribution in [0.5, 0.6) is 0 Å². The minimum absolute atomic E-state index is 0.188. The lowest BCUT2D eigenvalue weighted by Gasteiger charge is -2.14. The molecule has 0 aromatic carbocycles. The Balaban J connectivity index is 1.96. The number of hydrogen-bond acceptors (Lipinski definition) is 6. The lowest BCUT2D eigenvalue weighted by atomic mass is 10.1. The molecule has 0 aliphatic rings. The number of aliphatic hydroxyl groups excluding tert-OH is 1. The van der Waals surface area contributed by atoms with Gasteiger partial charge in [0.15, 0.2) is 5.82 Å². The first-order chi connectivity index (χ1) is 14.3. The van der Waals surface area contributed by atoms with Crippen LogP contribution in [0.15, 0.2) is 54.0 Å². The van der Waals surface area contributed by atoms with Crippen LogP contribution in [0.2, 0.25) is 0 Å². The van der Waals surface area contributed by atoms with Crippen LogP contribution < -0.4 is 5.56 Å². The molecule has 0 aliphatic heterocycles. The van der Waals surface area contributed by atoms with E-state index < -0.39 is 23.5 Å². The SMILES string of the molecule is CC(CO)n1cnc2c(-n3cccn3)nc(-c3ccc(C(F)(F)F)nc3)cc2c1=O. The molecule has 0 amide bonds. The van der Waals surface area contributed by atoms with Crippen LogP contribution in [-0.4, -0.2) is 41.0 Å². The standard InChI is InChI=1S/C19H15F3N6O2/c1-11(9-29)27-10-24-16-13(18(27)30)7-14(26-17(16)28-6-2-5-25-28)12-3-4-15(23-8-12)19(20,21)22/h2-8,10-11,29H,9H2,1H3. The maximum Gasteiger partial charge on any atom is 0.433 e. The van der Waals surface area contributed by atoms with E-state index in [2.05, 4.69) is 20.1 Å². The largest absolute Gasteiger partial charge is 0.433 e. The first-order valence-corrected chi connectivity index (χ1v) is 8.86. The normalized spacial score (nSPS) is 13.0. The van der Waals surface area contributed by atoms with Crippen LogP contribution in [0.1, 0.15) is 18.7 Å².